The Morgan fingerprint density at radius 3 is 2.76 bits per heavy atom. The molecule has 3 aromatic rings. The molecule has 7 heteroatoms. The number of hydrogen-bond acceptors (Lipinski definition) is 7. The second-order valence-electron chi connectivity index (χ2n) is 7.20. The van der Waals surface area contributed by atoms with E-state index in [1.165, 1.54) is 7.11 Å². The molecule has 0 radical (unpaired) electrons. The predicted octanol–water partition coefficient (Wildman–Crippen LogP) is 4.71. The lowest BCUT2D eigenvalue weighted by molar-refractivity contribution is -0.135. The smallest absolute Gasteiger partial charge is 0.344 e. The number of carbonyl (C=O) groups is 1. The van der Waals surface area contributed by atoms with Gasteiger partial charge in [-0.25, -0.2) is 14.8 Å². The second-order valence-corrected chi connectivity index (χ2v) is 9.68. The maximum absolute atomic E-state index is 11.7. The van der Waals surface area contributed by atoms with Crippen molar-refractivity contribution in [3.63, 3.8) is 0 Å². The van der Waals surface area contributed by atoms with Crippen LogP contribution in [0, 0.1) is 13.8 Å². The molecule has 0 spiro atoms. The van der Waals surface area contributed by atoms with Crippen molar-refractivity contribution in [2.24, 2.45) is 4.99 Å². The number of benzene rings is 1. The van der Waals surface area contributed by atoms with Crippen LogP contribution in [0.15, 0.2) is 46.3 Å². The van der Waals surface area contributed by atoms with Gasteiger partial charge in [-0.05, 0) is 43.7 Å². The van der Waals surface area contributed by atoms with Gasteiger partial charge in [0, 0.05) is 22.8 Å². The van der Waals surface area contributed by atoms with Crippen LogP contribution in [0.3, 0.4) is 0 Å². The first-order valence-electron chi connectivity index (χ1n) is 9.41. The number of rotatable bonds is 3. The number of methoxy groups -OCH3 is 1. The molecule has 0 saturated heterocycles. The van der Waals surface area contributed by atoms with E-state index in [1.54, 1.807) is 23.1 Å². The van der Waals surface area contributed by atoms with Crippen LogP contribution in [0.4, 0.5) is 0 Å². The SMILES string of the molecule is COC(=O)C1=CC2N=C(c3ccc4nc(-c5sc(C)nc5C)ccc4c3)CC2S1. The molecule has 2 unspecified atom stereocenters. The number of aromatic nitrogens is 2. The summed E-state index contributed by atoms with van der Waals surface area (Å²) >= 11 is 3.25. The molecule has 2 aliphatic rings. The van der Waals surface area contributed by atoms with Crippen LogP contribution < -0.4 is 0 Å². The molecule has 5 nitrogen and oxygen atoms in total. The molecule has 0 aliphatic carbocycles. The summed E-state index contributed by atoms with van der Waals surface area (Å²) in [6, 6.07) is 10.6. The highest BCUT2D eigenvalue weighted by molar-refractivity contribution is 8.04. The van der Waals surface area contributed by atoms with Crippen LogP contribution in [0.5, 0.6) is 0 Å². The van der Waals surface area contributed by atoms with Crippen molar-refractivity contribution >= 4 is 45.7 Å². The van der Waals surface area contributed by atoms with Crippen molar-refractivity contribution in [3.8, 4) is 10.6 Å². The first kappa shape index (κ1) is 18.5. The monoisotopic (exact) mass is 421 g/mol. The Morgan fingerprint density at radius 1 is 1.17 bits per heavy atom. The van der Waals surface area contributed by atoms with E-state index in [-0.39, 0.29) is 17.3 Å². The van der Waals surface area contributed by atoms with Crippen LogP contribution in [-0.4, -0.2) is 40.1 Å². The van der Waals surface area contributed by atoms with E-state index in [0.717, 1.165) is 49.9 Å². The fourth-order valence-corrected chi connectivity index (χ4v) is 5.98. The number of aliphatic imine (C=N–C) groups is 1. The molecule has 2 aromatic heterocycles. The van der Waals surface area contributed by atoms with Gasteiger partial charge in [-0.1, -0.05) is 12.1 Å². The van der Waals surface area contributed by atoms with Gasteiger partial charge in [0.15, 0.2) is 0 Å². The van der Waals surface area contributed by atoms with E-state index >= 15 is 0 Å². The minimum Gasteiger partial charge on any atom is -0.465 e. The Bertz CT molecular complexity index is 1210. The van der Waals surface area contributed by atoms with Crippen molar-refractivity contribution < 1.29 is 9.53 Å². The number of aryl methyl sites for hydroxylation is 2. The molecule has 146 valence electrons. The number of thiazole rings is 1. The van der Waals surface area contributed by atoms with Gasteiger partial charge in [0.2, 0.25) is 0 Å². The highest BCUT2D eigenvalue weighted by atomic mass is 32.2. The molecule has 0 saturated carbocycles. The van der Waals surface area contributed by atoms with Crippen LogP contribution >= 0.6 is 23.1 Å². The second kappa shape index (κ2) is 7.07. The molecule has 1 aromatic carbocycles. The summed E-state index contributed by atoms with van der Waals surface area (Å²) < 4.78 is 4.82. The van der Waals surface area contributed by atoms with E-state index < -0.39 is 0 Å². The van der Waals surface area contributed by atoms with E-state index in [9.17, 15) is 4.79 Å². The van der Waals surface area contributed by atoms with E-state index in [4.69, 9.17) is 14.7 Å². The quantitative estimate of drug-likeness (QED) is 0.573. The van der Waals surface area contributed by atoms with Crippen molar-refractivity contribution in [1.82, 2.24) is 9.97 Å². The van der Waals surface area contributed by atoms with E-state index in [1.807, 2.05) is 19.9 Å². The first-order valence-corrected chi connectivity index (χ1v) is 11.1. The summed E-state index contributed by atoms with van der Waals surface area (Å²) in [7, 11) is 1.42. The molecular formula is C22H19N3O2S2. The number of nitrogens with zero attached hydrogens (tertiary/aromatic N) is 3. The third kappa shape index (κ3) is 3.28. The van der Waals surface area contributed by atoms with Gasteiger partial charge in [-0.2, -0.15) is 0 Å². The van der Waals surface area contributed by atoms with Crippen molar-refractivity contribution in [2.45, 2.75) is 31.6 Å². The summed E-state index contributed by atoms with van der Waals surface area (Å²) in [5.41, 5.74) is 5.18. The minimum atomic E-state index is -0.264. The highest BCUT2D eigenvalue weighted by Crippen LogP contribution is 2.41. The maximum Gasteiger partial charge on any atom is 0.344 e. The zero-order valence-corrected chi connectivity index (χ0v) is 17.9. The predicted molar refractivity (Wildman–Crippen MR) is 119 cm³/mol. The third-order valence-corrected chi connectivity index (χ3v) is 7.63. The summed E-state index contributed by atoms with van der Waals surface area (Å²) in [5.74, 6) is -0.264. The van der Waals surface area contributed by atoms with Gasteiger partial charge in [0.05, 0.1) is 44.8 Å². The first-order chi connectivity index (χ1) is 14.0. The lowest BCUT2D eigenvalue weighted by atomic mass is 10.0. The van der Waals surface area contributed by atoms with Gasteiger partial charge in [0.1, 0.15) is 0 Å². The number of ether oxygens (including phenoxy) is 1. The molecule has 2 aliphatic heterocycles. The lowest BCUT2D eigenvalue weighted by Crippen LogP contribution is -2.09. The Kier molecular flexibility index (Phi) is 4.52. The molecule has 0 N–H and O–H groups in total. The average molecular weight is 422 g/mol. The normalized spacial score (nSPS) is 20.5. The summed E-state index contributed by atoms with van der Waals surface area (Å²) in [6.45, 7) is 4.05. The topological polar surface area (TPSA) is 64.4 Å². The van der Waals surface area contributed by atoms with Gasteiger partial charge >= 0.3 is 5.97 Å². The number of carbonyl (C=O) groups excluding carboxylic acids is 1. The van der Waals surface area contributed by atoms with Crippen molar-refractivity contribution in [2.75, 3.05) is 7.11 Å². The van der Waals surface area contributed by atoms with Gasteiger partial charge in [-0.3, -0.25) is 4.99 Å². The molecular weight excluding hydrogens is 402 g/mol. The van der Waals surface area contributed by atoms with Crippen molar-refractivity contribution in [1.29, 1.82) is 0 Å². The Morgan fingerprint density at radius 2 is 2.03 bits per heavy atom. The third-order valence-electron chi connectivity index (χ3n) is 5.23. The van der Waals surface area contributed by atoms with Gasteiger partial charge in [-0.15, -0.1) is 23.1 Å². The average Bonchev–Trinajstić information content (AvgIpc) is 3.39. The largest absolute Gasteiger partial charge is 0.465 e. The van der Waals surface area contributed by atoms with Gasteiger partial charge in [0.25, 0.3) is 0 Å². The molecule has 2 atom stereocenters. The fourth-order valence-electron chi connectivity index (χ4n) is 3.85. The van der Waals surface area contributed by atoms with Crippen LogP contribution in [0.1, 0.15) is 22.7 Å². The number of pyridine rings is 1. The maximum atomic E-state index is 11.7. The number of thioether (sulfide) groups is 1. The molecule has 0 fully saturated rings. The summed E-state index contributed by atoms with van der Waals surface area (Å²) in [6.07, 6.45) is 2.78. The molecule has 4 heterocycles. The molecule has 29 heavy (non-hydrogen) atoms. The standard InChI is InChI=1S/C22H19N3O2S2/c1-11-21(28-12(2)23-11)16-7-5-13-8-14(4-6-15(13)24-16)17-9-19-18(25-17)10-20(29-19)22(26)27-3/h4-8,10,18-19H,9H2,1-3H3. The van der Waals surface area contributed by atoms with Gasteiger partial charge < -0.3 is 4.74 Å². The Balaban J connectivity index is 1.44. The fraction of sp³-hybridized carbons (Fsp3) is 0.273. The zero-order valence-electron chi connectivity index (χ0n) is 16.3. The highest BCUT2D eigenvalue weighted by Gasteiger charge is 2.37. The molecule has 5 rings (SSSR count). The summed E-state index contributed by atoms with van der Waals surface area (Å²) in [4.78, 5) is 27.7. The number of fused-ring (bicyclic) bond motifs is 2. The number of esters is 1. The van der Waals surface area contributed by atoms with E-state index in [2.05, 4.69) is 35.3 Å². The lowest BCUT2D eigenvalue weighted by Gasteiger charge is -2.07. The molecule has 0 bridgehead atoms. The van der Waals surface area contributed by atoms with Crippen molar-refractivity contribution in [3.05, 3.63) is 57.6 Å². The molecule has 0 amide bonds. The van der Waals surface area contributed by atoms with Crippen LogP contribution in [0.2, 0.25) is 0 Å². The Hall–Kier alpha value is -2.51. The Labute approximate surface area is 176 Å². The van der Waals surface area contributed by atoms with E-state index in [0.29, 0.717) is 4.91 Å². The zero-order chi connectivity index (χ0) is 20.1. The number of hydrogen-bond donors (Lipinski definition) is 0. The van der Waals surface area contributed by atoms with Crippen LogP contribution in [-0.2, 0) is 9.53 Å². The van der Waals surface area contributed by atoms with Crippen LogP contribution in [0.25, 0.3) is 21.5 Å². The summed E-state index contributed by atoms with van der Waals surface area (Å²) in [5, 5.41) is 2.44. The minimum absolute atomic E-state index is 0.0536.